The fraction of sp³-hybridized carbons (Fsp3) is 0.286. The van der Waals surface area contributed by atoms with Crippen LogP contribution in [-0.2, 0) is 4.79 Å². The normalized spacial score (nSPS) is 13.5. The summed E-state index contributed by atoms with van der Waals surface area (Å²) in [5.74, 6) is -0.728. The molecule has 0 fully saturated rings. The van der Waals surface area contributed by atoms with Gasteiger partial charge in [0.2, 0.25) is 0 Å². The molecule has 0 amide bonds. The minimum absolute atomic E-state index is 0.343. The second kappa shape index (κ2) is 9.02. The standard InChI is InChI=1S/C21H25FO3/c1-13(9-18(22)10-14(2)11-21(23)24)7-8-19-15(3)12-20(25-6)17(5)16(19)4/h7-12H,1-6H3,(H,23,24)/b8-7+,13-9+,14-11+,18-10-. The van der Waals surface area contributed by atoms with E-state index < -0.39 is 11.8 Å². The second-order valence-electron chi connectivity index (χ2n) is 6.04. The fourth-order valence-corrected chi connectivity index (χ4v) is 2.51. The highest BCUT2D eigenvalue weighted by Gasteiger charge is 2.08. The Labute approximate surface area is 148 Å². The molecule has 134 valence electrons. The van der Waals surface area contributed by atoms with E-state index in [4.69, 9.17) is 9.84 Å². The maximum absolute atomic E-state index is 13.9. The van der Waals surface area contributed by atoms with Gasteiger partial charge in [-0.3, -0.25) is 0 Å². The predicted octanol–water partition coefficient (Wildman–Crippen LogP) is 5.46. The van der Waals surface area contributed by atoms with Crippen molar-refractivity contribution in [1.29, 1.82) is 0 Å². The third kappa shape index (κ3) is 6.07. The first-order valence-electron chi connectivity index (χ1n) is 7.95. The van der Waals surface area contributed by atoms with Gasteiger partial charge < -0.3 is 9.84 Å². The van der Waals surface area contributed by atoms with Crippen LogP contribution in [0, 0.1) is 20.8 Å². The lowest BCUT2D eigenvalue weighted by atomic mass is 9.96. The molecule has 0 spiro atoms. The molecule has 1 N–H and O–H groups in total. The van der Waals surface area contributed by atoms with Crippen LogP contribution in [0.1, 0.15) is 36.1 Å². The van der Waals surface area contributed by atoms with E-state index in [0.717, 1.165) is 39.7 Å². The lowest BCUT2D eigenvalue weighted by molar-refractivity contribution is -0.131. The van der Waals surface area contributed by atoms with Crippen LogP contribution >= 0.6 is 0 Å². The number of carboxylic acid groups (broad SMARTS) is 1. The Hall–Kier alpha value is -2.62. The third-order valence-electron chi connectivity index (χ3n) is 3.92. The van der Waals surface area contributed by atoms with Gasteiger partial charge in [-0.25, -0.2) is 9.18 Å². The van der Waals surface area contributed by atoms with Crippen LogP contribution in [0.15, 0.2) is 47.3 Å². The molecule has 3 nitrogen and oxygen atoms in total. The molecule has 1 aromatic rings. The number of halogens is 1. The van der Waals surface area contributed by atoms with Crippen molar-refractivity contribution < 1.29 is 19.0 Å². The van der Waals surface area contributed by atoms with Crippen molar-refractivity contribution in [3.05, 3.63) is 69.6 Å². The summed E-state index contributed by atoms with van der Waals surface area (Å²) in [6, 6.07) is 1.99. The van der Waals surface area contributed by atoms with Crippen molar-refractivity contribution in [3.63, 3.8) is 0 Å². The molecule has 0 aliphatic rings. The molecular weight excluding hydrogens is 319 g/mol. The topological polar surface area (TPSA) is 46.5 Å². The quantitative estimate of drug-likeness (QED) is 0.550. The minimum atomic E-state index is -1.09. The third-order valence-corrected chi connectivity index (χ3v) is 3.92. The van der Waals surface area contributed by atoms with Crippen LogP contribution < -0.4 is 4.74 Å². The number of hydrogen-bond acceptors (Lipinski definition) is 2. The van der Waals surface area contributed by atoms with Crippen molar-refractivity contribution in [2.45, 2.75) is 34.6 Å². The first kappa shape index (κ1) is 20.4. The van der Waals surface area contributed by atoms with Crippen LogP contribution in [0.3, 0.4) is 0 Å². The largest absolute Gasteiger partial charge is 0.496 e. The Balaban J connectivity index is 3.08. The Kier molecular flexibility index (Phi) is 7.37. The van der Waals surface area contributed by atoms with Gasteiger partial charge in [0.1, 0.15) is 11.6 Å². The van der Waals surface area contributed by atoms with Gasteiger partial charge in [-0.1, -0.05) is 12.2 Å². The lowest BCUT2D eigenvalue weighted by Crippen LogP contribution is -1.95. The first-order valence-corrected chi connectivity index (χ1v) is 7.95. The van der Waals surface area contributed by atoms with Gasteiger partial charge in [0.25, 0.3) is 0 Å². The monoisotopic (exact) mass is 344 g/mol. The highest BCUT2D eigenvalue weighted by Crippen LogP contribution is 2.28. The van der Waals surface area contributed by atoms with E-state index in [1.165, 1.54) is 12.2 Å². The summed E-state index contributed by atoms with van der Waals surface area (Å²) < 4.78 is 19.3. The molecule has 0 heterocycles. The maximum Gasteiger partial charge on any atom is 0.328 e. The molecule has 0 unspecified atom stereocenters. The Bertz CT molecular complexity index is 781. The Morgan fingerprint density at radius 1 is 1.08 bits per heavy atom. The number of carbonyl (C=O) groups is 1. The number of allylic oxidation sites excluding steroid dienone is 6. The van der Waals surface area contributed by atoms with Crippen LogP contribution in [0.25, 0.3) is 6.08 Å². The maximum atomic E-state index is 13.9. The summed E-state index contributed by atoms with van der Waals surface area (Å²) in [5.41, 5.74) is 5.43. The molecule has 0 aliphatic carbocycles. The minimum Gasteiger partial charge on any atom is -0.496 e. The number of aryl methyl sites for hydroxylation is 1. The smallest absolute Gasteiger partial charge is 0.328 e. The number of methoxy groups -OCH3 is 1. The van der Waals surface area contributed by atoms with Gasteiger partial charge in [0.15, 0.2) is 0 Å². The van der Waals surface area contributed by atoms with E-state index in [-0.39, 0.29) is 0 Å². The Morgan fingerprint density at radius 2 is 1.72 bits per heavy atom. The van der Waals surface area contributed by atoms with E-state index in [0.29, 0.717) is 5.57 Å². The summed E-state index contributed by atoms with van der Waals surface area (Å²) in [4.78, 5) is 10.5. The molecule has 1 aromatic carbocycles. The van der Waals surface area contributed by atoms with E-state index >= 15 is 0 Å². The van der Waals surface area contributed by atoms with Crippen molar-refractivity contribution in [2.75, 3.05) is 7.11 Å². The van der Waals surface area contributed by atoms with E-state index in [2.05, 4.69) is 0 Å². The molecule has 25 heavy (non-hydrogen) atoms. The number of carboxylic acids is 1. The number of rotatable bonds is 6. The van der Waals surface area contributed by atoms with Crippen LogP contribution in [0.4, 0.5) is 4.39 Å². The molecular formula is C21H25FO3. The van der Waals surface area contributed by atoms with E-state index in [1.807, 2.05) is 39.0 Å². The lowest BCUT2D eigenvalue weighted by Gasteiger charge is -2.13. The predicted molar refractivity (Wildman–Crippen MR) is 101 cm³/mol. The highest BCUT2D eigenvalue weighted by molar-refractivity contribution is 5.81. The summed E-state index contributed by atoms with van der Waals surface area (Å²) in [6.45, 7) is 9.38. The first-order chi connectivity index (χ1) is 11.6. The number of aliphatic carboxylic acids is 1. The average Bonchev–Trinajstić information content (AvgIpc) is 2.49. The van der Waals surface area contributed by atoms with Crippen molar-refractivity contribution in [3.8, 4) is 5.75 Å². The molecule has 0 atom stereocenters. The average molecular weight is 344 g/mol. The molecule has 0 aromatic heterocycles. The zero-order valence-electron chi connectivity index (χ0n) is 15.6. The number of ether oxygens (including phenoxy) is 1. The van der Waals surface area contributed by atoms with Gasteiger partial charge in [-0.2, -0.15) is 0 Å². The van der Waals surface area contributed by atoms with E-state index in [9.17, 15) is 9.18 Å². The molecule has 1 rings (SSSR count). The van der Waals surface area contributed by atoms with Gasteiger partial charge >= 0.3 is 5.97 Å². The van der Waals surface area contributed by atoms with E-state index in [1.54, 1.807) is 21.0 Å². The SMILES string of the molecule is COc1cc(C)c(/C=C/C(C)=C/C(F)=C/C(C)=C/C(=O)O)c(C)c1C. The zero-order chi connectivity index (χ0) is 19.1. The molecule has 0 bridgehead atoms. The second-order valence-corrected chi connectivity index (χ2v) is 6.04. The summed E-state index contributed by atoms with van der Waals surface area (Å²) in [5, 5.41) is 8.64. The number of hydrogen-bond donors (Lipinski definition) is 1. The summed E-state index contributed by atoms with van der Waals surface area (Å²) in [6.07, 6.45) is 7.32. The molecule has 0 radical (unpaired) electrons. The van der Waals surface area contributed by atoms with Crippen LogP contribution in [-0.4, -0.2) is 18.2 Å². The fourth-order valence-electron chi connectivity index (χ4n) is 2.51. The Morgan fingerprint density at radius 3 is 2.28 bits per heavy atom. The van der Waals surface area contributed by atoms with Gasteiger partial charge in [0.05, 0.1) is 7.11 Å². The molecule has 0 saturated heterocycles. The van der Waals surface area contributed by atoms with Gasteiger partial charge in [-0.15, -0.1) is 0 Å². The van der Waals surface area contributed by atoms with Crippen molar-refractivity contribution in [2.24, 2.45) is 0 Å². The number of benzene rings is 1. The highest BCUT2D eigenvalue weighted by atomic mass is 19.1. The van der Waals surface area contributed by atoms with Gasteiger partial charge in [-0.05, 0) is 86.2 Å². The molecule has 0 aliphatic heterocycles. The molecule has 0 saturated carbocycles. The van der Waals surface area contributed by atoms with Crippen molar-refractivity contribution >= 4 is 12.0 Å². The van der Waals surface area contributed by atoms with Crippen LogP contribution in [0.5, 0.6) is 5.75 Å². The van der Waals surface area contributed by atoms with Crippen molar-refractivity contribution in [1.82, 2.24) is 0 Å². The van der Waals surface area contributed by atoms with Crippen LogP contribution in [0.2, 0.25) is 0 Å². The zero-order valence-corrected chi connectivity index (χ0v) is 15.6. The molecule has 4 heteroatoms. The van der Waals surface area contributed by atoms with Gasteiger partial charge in [0, 0.05) is 6.08 Å². The summed E-state index contributed by atoms with van der Waals surface area (Å²) >= 11 is 0. The summed E-state index contributed by atoms with van der Waals surface area (Å²) in [7, 11) is 1.65.